The zero-order valence-corrected chi connectivity index (χ0v) is 8.08. The van der Waals surface area contributed by atoms with Crippen LogP contribution in [-0.2, 0) is 9.59 Å². The maximum Gasteiger partial charge on any atom is 0.158 e. The summed E-state index contributed by atoms with van der Waals surface area (Å²) < 4.78 is 0. The number of aldehydes is 1. The van der Waals surface area contributed by atoms with Crippen LogP contribution in [0.5, 0.6) is 0 Å². The van der Waals surface area contributed by atoms with E-state index in [9.17, 15) is 9.59 Å². The third-order valence-electron chi connectivity index (χ3n) is 2.64. The first-order valence-corrected chi connectivity index (χ1v) is 4.93. The molecule has 0 saturated heterocycles. The second-order valence-electron chi connectivity index (χ2n) is 3.57. The van der Waals surface area contributed by atoms with Gasteiger partial charge in [0.15, 0.2) is 5.78 Å². The minimum Gasteiger partial charge on any atom is -0.303 e. The van der Waals surface area contributed by atoms with Crippen molar-refractivity contribution in [2.45, 2.75) is 39.0 Å². The lowest BCUT2D eigenvalue weighted by molar-refractivity contribution is -0.115. The molecular weight excluding hydrogens is 164 g/mol. The molecule has 0 bridgehead atoms. The van der Waals surface area contributed by atoms with Crippen LogP contribution in [0.3, 0.4) is 0 Å². The summed E-state index contributed by atoms with van der Waals surface area (Å²) in [5, 5.41) is 0. The molecule has 0 fully saturated rings. The molecular formula is C11H16O2. The number of rotatable bonds is 5. The highest BCUT2D eigenvalue weighted by atomic mass is 16.1. The Hall–Kier alpha value is -0.920. The zero-order chi connectivity index (χ0) is 9.68. The van der Waals surface area contributed by atoms with E-state index in [1.807, 2.05) is 6.08 Å². The van der Waals surface area contributed by atoms with Crippen molar-refractivity contribution in [1.82, 2.24) is 0 Å². The maximum atomic E-state index is 11.3. The Morgan fingerprint density at radius 2 is 2.38 bits per heavy atom. The molecule has 0 aromatic carbocycles. The monoisotopic (exact) mass is 180 g/mol. The summed E-state index contributed by atoms with van der Waals surface area (Å²) in [6.45, 7) is 2.06. The third-order valence-corrected chi connectivity index (χ3v) is 2.64. The summed E-state index contributed by atoms with van der Waals surface area (Å²) in [6, 6.07) is 0. The number of hydrogen-bond acceptors (Lipinski definition) is 2. The highest BCUT2D eigenvalue weighted by molar-refractivity contribution is 5.97. The molecule has 0 aromatic heterocycles. The smallest absolute Gasteiger partial charge is 0.158 e. The topological polar surface area (TPSA) is 34.1 Å². The Kier molecular flexibility index (Phi) is 3.87. The number of allylic oxidation sites excluding steroid dienone is 2. The average Bonchev–Trinajstić information content (AvgIpc) is 2.51. The Morgan fingerprint density at radius 1 is 1.62 bits per heavy atom. The molecule has 2 heteroatoms. The summed E-state index contributed by atoms with van der Waals surface area (Å²) in [7, 11) is 0. The van der Waals surface area contributed by atoms with Crippen LogP contribution >= 0.6 is 0 Å². The fraction of sp³-hybridized carbons (Fsp3) is 0.636. The number of ketones is 1. The Balaban J connectivity index is 2.45. The highest BCUT2D eigenvalue weighted by Gasteiger charge is 2.18. The lowest BCUT2D eigenvalue weighted by Gasteiger charge is -2.10. The van der Waals surface area contributed by atoms with Gasteiger partial charge >= 0.3 is 0 Å². The summed E-state index contributed by atoms with van der Waals surface area (Å²) in [5.41, 5.74) is 0.953. The molecule has 0 radical (unpaired) electrons. The van der Waals surface area contributed by atoms with E-state index in [1.165, 1.54) is 0 Å². The van der Waals surface area contributed by atoms with E-state index in [1.54, 1.807) is 0 Å². The van der Waals surface area contributed by atoms with E-state index in [2.05, 4.69) is 6.92 Å². The van der Waals surface area contributed by atoms with Gasteiger partial charge < -0.3 is 4.79 Å². The van der Waals surface area contributed by atoms with Crippen molar-refractivity contribution in [2.24, 2.45) is 5.92 Å². The standard InChI is InChI=1S/C11H16O2/c1-2-9(6-7-12)8-10-4-3-5-11(10)13/h4,7,9H,2-3,5-6,8H2,1H3. The predicted molar refractivity (Wildman–Crippen MR) is 51.4 cm³/mol. The minimum absolute atomic E-state index is 0.282. The van der Waals surface area contributed by atoms with Crippen LogP contribution in [0.4, 0.5) is 0 Å². The first kappa shape index (κ1) is 10.2. The van der Waals surface area contributed by atoms with Gasteiger partial charge in [0, 0.05) is 12.8 Å². The molecule has 0 N–H and O–H groups in total. The molecule has 0 heterocycles. The fourth-order valence-corrected chi connectivity index (χ4v) is 1.69. The number of hydrogen-bond donors (Lipinski definition) is 0. The highest BCUT2D eigenvalue weighted by Crippen LogP contribution is 2.24. The molecule has 13 heavy (non-hydrogen) atoms. The SMILES string of the molecule is CCC(CC=O)CC1=CCCC1=O. The van der Waals surface area contributed by atoms with Gasteiger partial charge in [-0.05, 0) is 24.3 Å². The van der Waals surface area contributed by atoms with Crippen molar-refractivity contribution >= 4 is 12.1 Å². The summed E-state index contributed by atoms with van der Waals surface area (Å²) in [5.74, 6) is 0.648. The lowest BCUT2D eigenvalue weighted by atomic mass is 9.94. The lowest BCUT2D eigenvalue weighted by Crippen LogP contribution is -2.05. The molecule has 1 atom stereocenters. The molecule has 0 aliphatic heterocycles. The summed E-state index contributed by atoms with van der Waals surface area (Å²) in [4.78, 5) is 21.6. The number of Topliss-reactive ketones (excluding diaryl/α,β-unsaturated/α-hetero) is 1. The number of carbonyl (C=O) groups excluding carboxylic acids is 2. The maximum absolute atomic E-state index is 11.3. The Morgan fingerprint density at radius 3 is 2.85 bits per heavy atom. The molecule has 0 aromatic rings. The summed E-state index contributed by atoms with van der Waals surface area (Å²) in [6.07, 6.45) is 6.90. The van der Waals surface area contributed by atoms with Crippen LogP contribution in [0.25, 0.3) is 0 Å². The van der Waals surface area contributed by atoms with Crippen LogP contribution in [0, 0.1) is 5.92 Å². The Labute approximate surface area is 79.0 Å². The van der Waals surface area contributed by atoms with Crippen molar-refractivity contribution in [3.05, 3.63) is 11.6 Å². The van der Waals surface area contributed by atoms with Crippen LogP contribution in [-0.4, -0.2) is 12.1 Å². The molecule has 0 saturated carbocycles. The second-order valence-corrected chi connectivity index (χ2v) is 3.57. The van der Waals surface area contributed by atoms with E-state index >= 15 is 0 Å². The number of carbonyl (C=O) groups is 2. The van der Waals surface area contributed by atoms with Gasteiger partial charge in [-0.1, -0.05) is 19.4 Å². The van der Waals surface area contributed by atoms with Gasteiger partial charge in [0.05, 0.1) is 0 Å². The first-order chi connectivity index (χ1) is 6.27. The molecule has 72 valence electrons. The van der Waals surface area contributed by atoms with Gasteiger partial charge in [-0.15, -0.1) is 0 Å². The van der Waals surface area contributed by atoms with Crippen LogP contribution in [0.1, 0.15) is 39.0 Å². The first-order valence-electron chi connectivity index (χ1n) is 4.93. The third kappa shape index (κ3) is 2.79. The van der Waals surface area contributed by atoms with Crippen molar-refractivity contribution < 1.29 is 9.59 Å². The van der Waals surface area contributed by atoms with Gasteiger partial charge in [0.1, 0.15) is 6.29 Å². The molecule has 0 amide bonds. The molecule has 1 rings (SSSR count). The van der Waals surface area contributed by atoms with E-state index < -0.39 is 0 Å². The van der Waals surface area contributed by atoms with Crippen molar-refractivity contribution in [2.75, 3.05) is 0 Å². The molecule has 0 spiro atoms. The fourth-order valence-electron chi connectivity index (χ4n) is 1.69. The summed E-state index contributed by atoms with van der Waals surface area (Å²) >= 11 is 0. The quantitative estimate of drug-likeness (QED) is 0.608. The van der Waals surface area contributed by atoms with Gasteiger partial charge in [-0.25, -0.2) is 0 Å². The van der Waals surface area contributed by atoms with Crippen LogP contribution in [0.15, 0.2) is 11.6 Å². The van der Waals surface area contributed by atoms with Gasteiger partial charge in [-0.2, -0.15) is 0 Å². The molecule has 1 unspecified atom stereocenters. The predicted octanol–water partition coefficient (Wildman–Crippen LogP) is 2.28. The molecule has 1 aliphatic rings. The van der Waals surface area contributed by atoms with Crippen molar-refractivity contribution in [3.63, 3.8) is 0 Å². The van der Waals surface area contributed by atoms with E-state index in [4.69, 9.17) is 0 Å². The Bertz CT molecular complexity index is 228. The van der Waals surface area contributed by atoms with E-state index in [0.29, 0.717) is 18.8 Å². The average molecular weight is 180 g/mol. The van der Waals surface area contributed by atoms with Gasteiger partial charge in [0.2, 0.25) is 0 Å². The molecule has 1 aliphatic carbocycles. The van der Waals surface area contributed by atoms with Crippen LogP contribution in [0.2, 0.25) is 0 Å². The second kappa shape index (κ2) is 4.95. The van der Waals surface area contributed by atoms with Gasteiger partial charge in [-0.3, -0.25) is 4.79 Å². The molecule has 2 nitrogen and oxygen atoms in total. The normalized spacial score (nSPS) is 18.5. The van der Waals surface area contributed by atoms with Crippen LogP contribution < -0.4 is 0 Å². The van der Waals surface area contributed by atoms with E-state index in [0.717, 1.165) is 31.1 Å². The minimum atomic E-state index is 0.282. The van der Waals surface area contributed by atoms with E-state index in [-0.39, 0.29) is 5.78 Å². The van der Waals surface area contributed by atoms with Crippen molar-refractivity contribution in [3.8, 4) is 0 Å². The van der Waals surface area contributed by atoms with Crippen molar-refractivity contribution in [1.29, 1.82) is 0 Å². The zero-order valence-electron chi connectivity index (χ0n) is 8.08. The van der Waals surface area contributed by atoms with Gasteiger partial charge in [0.25, 0.3) is 0 Å². The largest absolute Gasteiger partial charge is 0.303 e.